The highest BCUT2D eigenvalue weighted by Gasteiger charge is 2.15. The summed E-state index contributed by atoms with van der Waals surface area (Å²) in [5.41, 5.74) is 0. The van der Waals surface area contributed by atoms with E-state index in [1.54, 1.807) is 17.7 Å². The van der Waals surface area contributed by atoms with Crippen molar-refractivity contribution in [1.82, 2.24) is 14.8 Å². The van der Waals surface area contributed by atoms with Gasteiger partial charge in [-0.2, -0.15) is 5.10 Å². The highest BCUT2D eigenvalue weighted by atomic mass is 32.1. The smallest absolute Gasteiger partial charge is 0.138 e. The zero-order valence-corrected chi connectivity index (χ0v) is 11.1. The van der Waals surface area contributed by atoms with Crippen LogP contribution in [0.4, 0.5) is 0 Å². The summed E-state index contributed by atoms with van der Waals surface area (Å²) < 4.78 is 1.85. The van der Waals surface area contributed by atoms with Gasteiger partial charge >= 0.3 is 0 Å². The molecule has 2 aromatic rings. The van der Waals surface area contributed by atoms with Crippen LogP contribution in [0.3, 0.4) is 0 Å². The van der Waals surface area contributed by atoms with E-state index in [0.29, 0.717) is 6.42 Å². The largest absolute Gasteiger partial charge is 0.387 e. The summed E-state index contributed by atoms with van der Waals surface area (Å²) in [6, 6.07) is 4.27. The predicted octanol–water partition coefficient (Wildman–Crippen LogP) is 2.51. The standard InChI is InChI=1S/C12H17N3OS/c1-8(2)15-12(13-7-14-15)6-10(16)11-5-4-9(3)17-11/h4-5,7-8,10,16H,6H2,1-3H3. The third kappa shape index (κ3) is 2.73. The molecular formula is C12H17N3OS. The number of aryl methyl sites for hydroxylation is 1. The van der Waals surface area contributed by atoms with Gasteiger partial charge in [0.25, 0.3) is 0 Å². The third-order valence-electron chi connectivity index (χ3n) is 2.60. The highest BCUT2D eigenvalue weighted by Crippen LogP contribution is 2.25. The first-order valence-electron chi connectivity index (χ1n) is 5.70. The van der Waals surface area contributed by atoms with E-state index in [1.807, 2.05) is 23.7 Å². The summed E-state index contributed by atoms with van der Waals surface area (Å²) >= 11 is 1.62. The van der Waals surface area contributed by atoms with Gasteiger partial charge in [-0.05, 0) is 32.9 Å². The Balaban J connectivity index is 2.13. The van der Waals surface area contributed by atoms with Crippen LogP contribution in [-0.2, 0) is 6.42 Å². The molecule has 1 atom stereocenters. The van der Waals surface area contributed by atoms with Crippen LogP contribution in [0.5, 0.6) is 0 Å². The maximum absolute atomic E-state index is 10.1. The van der Waals surface area contributed by atoms with E-state index in [9.17, 15) is 5.11 Å². The summed E-state index contributed by atoms with van der Waals surface area (Å²) in [6.07, 6.45) is 1.57. The maximum Gasteiger partial charge on any atom is 0.138 e. The summed E-state index contributed by atoms with van der Waals surface area (Å²) in [5, 5.41) is 14.3. The number of thiophene rings is 1. The zero-order chi connectivity index (χ0) is 12.4. The number of aliphatic hydroxyl groups excluding tert-OH is 1. The molecule has 0 radical (unpaired) electrons. The van der Waals surface area contributed by atoms with Crippen molar-refractivity contribution in [3.63, 3.8) is 0 Å². The fourth-order valence-electron chi connectivity index (χ4n) is 1.76. The Labute approximate surface area is 105 Å². The SMILES string of the molecule is Cc1ccc(C(O)Cc2ncnn2C(C)C)s1. The predicted molar refractivity (Wildman–Crippen MR) is 68.1 cm³/mol. The zero-order valence-electron chi connectivity index (χ0n) is 10.3. The molecule has 0 amide bonds. The van der Waals surface area contributed by atoms with Crippen molar-refractivity contribution < 1.29 is 5.11 Å². The Hall–Kier alpha value is -1.20. The van der Waals surface area contributed by atoms with Crippen molar-refractivity contribution in [1.29, 1.82) is 0 Å². The van der Waals surface area contributed by atoms with Gasteiger partial charge < -0.3 is 5.11 Å². The quantitative estimate of drug-likeness (QED) is 0.908. The summed E-state index contributed by atoms with van der Waals surface area (Å²) in [5.74, 6) is 0.832. The van der Waals surface area contributed by atoms with Crippen LogP contribution in [0, 0.1) is 6.92 Å². The van der Waals surface area contributed by atoms with Gasteiger partial charge in [0.15, 0.2) is 0 Å². The molecule has 1 N–H and O–H groups in total. The molecule has 0 saturated carbocycles. The Morgan fingerprint density at radius 3 is 2.76 bits per heavy atom. The van der Waals surface area contributed by atoms with Crippen LogP contribution in [-0.4, -0.2) is 19.9 Å². The number of aliphatic hydroxyl groups is 1. The molecule has 17 heavy (non-hydrogen) atoms. The average Bonchev–Trinajstić information content (AvgIpc) is 2.86. The molecular weight excluding hydrogens is 234 g/mol. The Morgan fingerprint density at radius 2 is 2.18 bits per heavy atom. The molecule has 0 fully saturated rings. The third-order valence-corrected chi connectivity index (χ3v) is 3.70. The second kappa shape index (κ2) is 4.98. The number of hydrogen-bond donors (Lipinski definition) is 1. The summed E-state index contributed by atoms with van der Waals surface area (Å²) in [4.78, 5) is 6.41. The lowest BCUT2D eigenvalue weighted by Gasteiger charge is -2.12. The van der Waals surface area contributed by atoms with Gasteiger partial charge in [0.05, 0.1) is 6.10 Å². The van der Waals surface area contributed by atoms with E-state index in [-0.39, 0.29) is 6.04 Å². The molecule has 0 aliphatic rings. The van der Waals surface area contributed by atoms with Crippen molar-refractivity contribution in [3.05, 3.63) is 34.0 Å². The van der Waals surface area contributed by atoms with E-state index in [2.05, 4.69) is 23.9 Å². The van der Waals surface area contributed by atoms with Crippen molar-refractivity contribution in [3.8, 4) is 0 Å². The highest BCUT2D eigenvalue weighted by molar-refractivity contribution is 7.12. The molecule has 4 nitrogen and oxygen atoms in total. The monoisotopic (exact) mass is 251 g/mol. The molecule has 0 aliphatic heterocycles. The van der Waals surface area contributed by atoms with Gasteiger partial charge in [-0.3, -0.25) is 0 Å². The van der Waals surface area contributed by atoms with Crippen LogP contribution in [0.1, 0.15) is 41.6 Å². The lowest BCUT2D eigenvalue weighted by molar-refractivity contribution is 0.177. The van der Waals surface area contributed by atoms with Gasteiger partial charge in [0, 0.05) is 22.2 Å². The molecule has 0 bridgehead atoms. The molecule has 0 saturated heterocycles. The molecule has 1 unspecified atom stereocenters. The molecule has 2 heterocycles. The van der Waals surface area contributed by atoms with Crippen molar-refractivity contribution in [2.24, 2.45) is 0 Å². The van der Waals surface area contributed by atoms with Gasteiger partial charge in [-0.15, -0.1) is 11.3 Å². The first kappa shape index (κ1) is 12.3. The Morgan fingerprint density at radius 1 is 1.41 bits per heavy atom. The van der Waals surface area contributed by atoms with E-state index in [1.165, 1.54) is 4.88 Å². The van der Waals surface area contributed by atoms with Crippen molar-refractivity contribution >= 4 is 11.3 Å². The van der Waals surface area contributed by atoms with Crippen LogP contribution < -0.4 is 0 Å². The molecule has 5 heteroatoms. The normalized spacial score (nSPS) is 13.2. The number of aromatic nitrogens is 3. The van der Waals surface area contributed by atoms with Gasteiger partial charge in [0.1, 0.15) is 12.2 Å². The van der Waals surface area contributed by atoms with Crippen LogP contribution in [0.2, 0.25) is 0 Å². The fraction of sp³-hybridized carbons (Fsp3) is 0.500. The van der Waals surface area contributed by atoms with E-state index in [0.717, 1.165) is 10.7 Å². The molecule has 2 rings (SSSR count). The minimum atomic E-state index is -0.490. The second-order valence-corrected chi connectivity index (χ2v) is 5.70. The fourth-order valence-corrected chi connectivity index (χ4v) is 2.62. The second-order valence-electron chi connectivity index (χ2n) is 4.38. The van der Waals surface area contributed by atoms with Crippen molar-refractivity contribution in [2.45, 2.75) is 39.3 Å². The minimum Gasteiger partial charge on any atom is -0.387 e. The number of rotatable bonds is 4. The Kier molecular flexibility index (Phi) is 3.59. The maximum atomic E-state index is 10.1. The summed E-state index contributed by atoms with van der Waals surface area (Å²) in [6.45, 7) is 6.15. The molecule has 0 aromatic carbocycles. The van der Waals surface area contributed by atoms with Gasteiger partial charge in [0.2, 0.25) is 0 Å². The first-order valence-corrected chi connectivity index (χ1v) is 6.52. The van der Waals surface area contributed by atoms with Gasteiger partial charge in [-0.1, -0.05) is 0 Å². The topological polar surface area (TPSA) is 50.9 Å². The molecule has 0 aliphatic carbocycles. The van der Waals surface area contributed by atoms with E-state index < -0.39 is 6.10 Å². The lowest BCUT2D eigenvalue weighted by atomic mass is 10.2. The summed E-state index contributed by atoms with van der Waals surface area (Å²) in [7, 11) is 0. The molecule has 0 spiro atoms. The van der Waals surface area contributed by atoms with Gasteiger partial charge in [-0.25, -0.2) is 9.67 Å². The molecule has 92 valence electrons. The van der Waals surface area contributed by atoms with Crippen LogP contribution in [0.15, 0.2) is 18.5 Å². The first-order chi connectivity index (χ1) is 8.08. The minimum absolute atomic E-state index is 0.268. The molecule has 2 aromatic heterocycles. The van der Waals surface area contributed by atoms with E-state index in [4.69, 9.17) is 0 Å². The van der Waals surface area contributed by atoms with Crippen LogP contribution in [0.25, 0.3) is 0 Å². The number of nitrogens with zero attached hydrogens (tertiary/aromatic N) is 3. The van der Waals surface area contributed by atoms with Crippen molar-refractivity contribution in [2.75, 3.05) is 0 Å². The average molecular weight is 251 g/mol. The van der Waals surface area contributed by atoms with Crippen LogP contribution >= 0.6 is 11.3 Å². The van der Waals surface area contributed by atoms with E-state index >= 15 is 0 Å². The number of hydrogen-bond acceptors (Lipinski definition) is 4. The lowest BCUT2D eigenvalue weighted by Crippen LogP contribution is -2.11. The Bertz CT molecular complexity index is 489.